The third kappa shape index (κ3) is 2.42. The average Bonchev–Trinajstić information content (AvgIpc) is 2.73. The first-order chi connectivity index (χ1) is 8.58. The standard InChI is InChI=1S/C12H11N3O3/c1-9-7-11(15(17)18)13-14(9)12(16)8-10-5-3-2-4-6-10/h2-7H,8H2,1H3. The molecule has 0 unspecified atom stereocenters. The van der Waals surface area contributed by atoms with Gasteiger partial charge in [-0.2, -0.15) is 0 Å². The Morgan fingerprint density at radius 1 is 1.39 bits per heavy atom. The minimum absolute atomic E-state index is 0.167. The molecule has 0 bridgehead atoms. The lowest BCUT2D eigenvalue weighted by atomic mass is 10.1. The second kappa shape index (κ2) is 4.79. The Balaban J connectivity index is 2.22. The van der Waals surface area contributed by atoms with Crippen LogP contribution in [0.1, 0.15) is 16.1 Å². The smallest absolute Gasteiger partial charge is 0.358 e. The second-order valence-electron chi connectivity index (χ2n) is 3.87. The van der Waals surface area contributed by atoms with Crippen LogP contribution in [0.5, 0.6) is 0 Å². The Kier molecular flexibility index (Phi) is 3.18. The molecule has 0 radical (unpaired) electrons. The summed E-state index contributed by atoms with van der Waals surface area (Å²) in [5, 5.41) is 14.2. The van der Waals surface area contributed by atoms with Crippen molar-refractivity contribution in [1.82, 2.24) is 9.78 Å². The first-order valence-corrected chi connectivity index (χ1v) is 5.36. The molecule has 1 aromatic heterocycles. The van der Waals surface area contributed by atoms with Gasteiger partial charge in [-0.3, -0.25) is 4.79 Å². The van der Waals surface area contributed by atoms with Gasteiger partial charge in [0.2, 0.25) is 0 Å². The fourth-order valence-electron chi connectivity index (χ4n) is 1.65. The van der Waals surface area contributed by atoms with E-state index in [0.29, 0.717) is 5.69 Å². The molecule has 6 nitrogen and oxygen atoms in total. The molecule has 0 saturated heterocycles. The van der Waals surface area contributed by atoms with E-state index in [9.17, 15) is 14.9 Å². The highest BCUT2D eigenvalue weighted by atomic mass is 16.6. The van der Waals surface area contributed by atoms with Gasteiger partial charge in [-0.15, -0.1) is 4.68 Å². The van der Waals surface area contributed by atoms with Gasteiger partial charge < -0.3 is 10.1 Å². The van der Waals surface area contributed by atoms with E-state index in [1.54, 1.807) is 6.92 Å². The van der Waals surface area contributed by atoms with E-state index in [4.69, 9.17) is 0 Å². The average molecular weight is 245 g/mol. The molecule has 0 spiro atoms. The van der Waals surface area contributed by atoms with E-state index in [2.05, 4.69) is 5.10 Å². The number of carbonyl (C=O) groups excluding carboxylic acids is 1. The van der Waals surface area contributed by atoms with E-state index < -0.39 is 4.92 Å². The summed E-state index contributed by atoms with van der Waals surface area (Å²) in [4.78, 5) is 21.9. The van der Waals surface area contributed by atoms with Crippen LogP contribution in [0.4, 0.5) is 5.82 Å². The molecular formula is C12H11N3O3. The Morgan fingerprint density at radius 3 is 2.61 bits per heavy atom. The largest absolute Gasteiger partial charge is 0.390 e. The van der Waals surface area contributed by atoms with Crippen LogP contribution < -0.4 is 0 Å². The molecule has 2 rings (SSSR count). The Hall–Kier alpha value is -2.50. The Labute approximate surface area is 103 Å². The summed E-state index contributed by atoms with van der Waals surface area (Å²) in [6, 6.07) is 10.5. The van der Waals surface area contributed by atoms with Crippen LogP contribution in [0, 0.1) is 17.0 Å². The molecule has 0 N–H and O–H groups in total. The van der Waals surface area contributed by atoms with Crippen molar-refractivity contribution < 1.29 is 9.72 Å². The van der Waals surface area contributed by atoms with Crippen LogP contribution in [0.2, 0.25) is 0 Å². The first kappa shape index (κ1) is 12.0. The summed E-state index contributed by atoms with van der Waals surface area (Å²) in [6.07, 6.45) is 0.167. The molecule has 1 heterocycles. The lowest BCUT2D eigenvalue weighted by Gasteiger charge is -1.99. The number of hydrogen-bond acceptors (Lipinski definition) is 4. The van der Waals surface area contributed by atoms with Crippen molar-refractivity contribution >= 4 is 11.7 Å². The predicted octanol–water partition coefficient (Wildman–Crippen LogP) is 1.98. The van der Waals surface area contributed by atoms with Crippen molar-refractivity contribution in [2.24, 2.45) is 0 Å². The summed E-state index contributed by atoms with van der Waals surface area (Å²) >= 11 is 0. The van der Waals surface area contributed by atoms with E-state index in [0.717, 1.165) is 10.2 Å². The van der Waals surface area contributed by atoms with Crippen LogP contribution in [0.25, 0.3) is 0 Å². The van der Waals surface area contributed by atoms with Gasteiger partial charge >= 0.3 is 5.82 Å². The van der Waals surface area contributed by atoms with Gasteiger partial charge in [-0.1, -0.05) is 30.3 Å². The Morgan fingerprint density at radius 2 is 2.06 bits per heavy atom. The van der Waals surface area contributed by atoms with Crippen molar-refractivity contribution in [2.45, 2.75) is 13.3 Å². The van der Waals surface area contributed by atoms with E-state index >= 15 is 0 Å². The number of hydrogen-bond donors (Lipinski definition) is 0. The molecular weight excluding hydrogens is 234 g/mol. The molecule has 0 atom stereocenters. The first-order valence-electron chi connectivity index (χ1n) is 5.36. The van der Waals surface area contributed by atoms with Gasteiger partial charge in [-0.05, 0) is 17.4 Å². The normalized spacial score (nSPS) is 10.3. The van der Waals surface area contributed by atoms with Crippen LogP contribution in [0.3, 0.4) is 0 Å². The molecule has 1 aromatic carbocycles. The molecule has 0 aliphatic heterocycles. The maximum atomic E-state index is 11.9. The molecule has 0 amide bonds. The van der Waals surface area contributed by atoms with Gasteiger partial charge in [0.05, 0.1) is 23.3 Å². The quantitative estimate of drug-likeness (QED) is 0.611. The van der Waals surface area contributed by atoms with Crippen LogP contribution >= 0.6 is 0 Å². The van der Waals surface area contributed by atoms with Crippen LogP contribution in [-0.2, 0) is 6.42 Å². The molecule has 2 aromatic rings. The van der Waals surface area contributed by atoms with E-state index in [1.807, 2.05) is 30.3 Å². The third-order valence-corrected chi connectivity index (χ3v) is 2.50. The topological polar surface area (TPSA) is 78.0 Å². The fourth-order valence-corrected chi connectivity index (χ4v) is 1.65. The molecule has 0 saturated carbocycles. The second-order valence-corrected chi connectivity index (χ2v) is 3.87. The van der Waals surface area contributed by atoms with Crippen LogP contribution in [-0.4, -0.2) is 20.6 Å². The van der Waals surface area contributed by atoms with Crippen LogP contribution in [0.15, 0.2) is 36.4 Å². The number of aromatic nitrogens is 2. The summed E-state index contributed by atoms with van der Waals surface area (Å²) in [5.74, 6) is -0.597. The maximum Gasteiger partial charge on any atom is 0.390 e. The summed E-state index contributed by atoms with van der Waals surface area (Å²) in [7, 11) is 0. The van der Waals surface area contributed by atoms with Gasteiger partial charge in [0.25, 0.3) is 5.91 Å². The number of nitro groups is 1. The molecule has 0 fully saturated rings. The van der Waals surface area contributed by atoms with E-state index in [1.165, 1.54) is 6.07 Å². The number of nitrogens with zero attached hydrogens (tertiary/aromatic N) is 3. The lowest BCUT2D eigenvalue weighted by Crippen LogP contribution is -2.16. The highest BCUT2D eigenvalue weighted by Gasteiger charge is 2.20. The van der Waals surface area contributed by atoms with Crippen molar-refractivity contribution in [3.63, 3.8) is 0 Å². The van der Waals surface area contributed by atoms with Crippen molar-refractivity contribution in [2.75, 3.05) is 0 Å². The minimum atomic E-state index is -0.612. The zero-order chi connectivity index (χ0) is 13.1. The maximum absolute atomic E-state index is 11.9. The summed E-state index contributed by atoms with van der Waals surface area (Å²) in [6.45, 7) is 1.61. The van der Waals surface area contributed by atoms with Gasteiger partial charge in [0.15, 0.2) is 0 Å². The van der Waals surface area contributed by atoms with Crippen molar-refractivity contribution in [1.29, 1.82) is 0 Å². The molecule has 0 aliphatic carbocycles. The summed E-state index contributed by atoms with van der Waals surface area (Å²) < 4.78 is 1.07. The fraction of sp³-hybridized carbons (Fsp3) is 0.167. The number of benzene rings is 1. The number of carbonyl (C=O) groups is 1. The van der Waals surface area contributed by atoms with Gasteiger partial charge in [-0.25, -0.2) is 0 Å². The van der Waals surface area contributed by atoms with E-state index in [-0.39, 0.29) is 18.1 Å². The van der Waals surface area contributed by atoms with Gasteiger partial charge in [0, 0.05) is 0 Å². The zero-order valence-electron chi connectivity index (χ0n) is 9.74. The lowest BCUT2D eigenvalue weighted by molar-refractivity contribution is -0.389. The predicted molar refractivity (Wildman–Crippen MR) is 64.4 cm³/mol. The number of rotatable bonds is 3. The highest BCUT2D eigenvalue weighted by molar-refractivity contribution is 5.81. The van der Waals surface area contributed by atoms with Crippen molar-refractivity contribution in [3.8, 4) is 0 Å². The minimum Gasteiger partial charge on any atom is -0.358 e. The zero-order valence-corrected chi connectivity index (χ0v) is 9.74. The summed E-state index contributed by atoms with van der Waals surface area (Å²) in [5.41, 5.74) is 1.31. The SMILES string of the molecule is Cc1cc([N+](=O)[O-])nn1C(=O)Cc1ccccc1. The molecule has 92 valence electrons. The molecule has 18 heavy (non-hydrogen) atoms. The third-order valence-electron chi connectivity index (χ3n) is 2.50. The van der Waals surface area contributed by atoms with Crippen molar-refractivity contribution in [3.05, 3.63) is 57.8 Å². The Bertz CT molecular complexity index is 590. The highest BCUT2D eigenvalue weighted by Crippen LogP contribution is 2.12. The molecule has 0 aliphatic rings. The monoisotopic (exact) mass is 245 g/mol. The van der Waals surface area contributed by atoms with Gasteiger partial charge in [0.1, 0.15) is 0 Å². The molecule has 6 heteroatoms. The number of aryl methyl sites for hydroxylation is 1.